The summed E-state index contributed by atoms with van der Waals surface area (Å²) in [6, 6.07) is 18.4. The van der Waals surface area contributed by atoms with Crippen LogP contribution in [0.5, 0.6) is 0 Å². The minimum Gasteiger partial charge on any atom is -0.352 e. The van der Waals surface area contributed by atoms with Gasteiger partial charge in [-0.15, -0.1) is 0 Å². The Balaban J connectivity index is 1.73. The molecule has 0 spiro atoms. The number of hydrogen-bond donors (Lipinski definition) is 1. The lowest BCUT2D eigenvalue weighted by Crippen LogP contribution is -2.53. The van der Waals surface area contributed by atoms with E-state index in [0.29, 0.717) is 17.1 Å². The molecule has 0 aliphatic heterocycles. The number of anilines is 1. The Morgan fingerprint density at radius 2 is 1.57 bits per heavy atom. The fraction of sp³-hybridized carbons (Fsp3) is 0.394. The van der Waals surface area contributed by atoms with Crippen molar-refractivity contribution in [3.63, 3.8) is 0 Å². The highest BCUT2D eigenvalue weighted by molar-refractivity contribution is 7.92. The molecule has 1 aliphatic carbocycles. The average molecular weight is 610 g/mol. The van der Waals surface area contributed by atoms with Crippen LogP contribution in [0.15, 0.2) is 71.6 Å². The zero-order chi connectivity index (χ0) is 30.4. The molecule has 1 N–H and O–H groups in total. The van der Waals surface area contributed by atoms with E-state index in [0.717, 1.165) is 52.2 Å². The van der Waals surface area contributed by atoms with Gasteiger partial charge in [-0.25, -0.2) is 8.42 Å². The van der Waals surface area contributed by atoms with Crippen LogP contribution < -0.4 is 9.62 Å². The molecule has 3 aromatic rings. The molecule has 9 heteroatoms. The van der Waals surface area contributed by atoms with Gasteiger partial charge >= 0.3 is 0 Å². The van der Waals surface area contributed by atoms with Gasteiger partial charge in [-0.05, 0) is 93.1 Å². The van der Waals surface area contributed by atoms with E-state index in [1.165, 1.54) is 4.90 Å². The summed E-state index contributed by atoms with van der Waals surface area (Å²) >= 11 is 6.11. The molecule has 0 saturated heterocycles. The highest BCUT2D eigenvalue weighted by atomic mass is 35.5. The van der Waals surface area contributed by atoms with Crippen molar-refractivity contribution in [3.05, 3.63) is 94.0 Å². The van der Waals surface area contributed by atoms with Crippen LogP contribution in [-0.4, -0.2) is 43.8 Å². The largest absolute Gasteiger partial charge is 0.352 e. The third kappa shape index (κ3) is 7.53. The standard InChI is InChI=1S/C33H40ClN3O4S/c1-5-31(33(39)35-28-8-6-7-9-28)36(21-26-13-15-27(34)16-14-26)32(38)22-37(29-17-12-24(3)25(4)20-29)42(40,41)30-18-10-23(2)11-19-30/h10-20,28,31H,5-9,21-22H2,1-4H3,(H,35,39)/t31-/m1/s1. The van der Waals surface area contributed by atoms with E-state index in [-0.39, 0.29) is 23.4 Å². The molecule has 0 radical (unpaired) electrons. The van der Waals surface area contributed by atoms with E-state index >= 15 is 0 Å². The number of nitrogens with zero attached hydrogens (tertiary/aromatic N) is 2. The summed E-state index contributed by atoms with van der Waals surface area (Å²) < 4.78 is 29.3. The van der Waals surface area contributed by atoms with Crippen molar-refractivity contribution >= 4 is 39.1 Å². The molecule has 1 atom stereocenters. The van der Waals surface area contributed by atoms with E-state index in [1.807, 2.05) is 45.9 Å². The lowest BCUT2D eigenvalue weighted by Gasteiger charge is -2.34. The molecule has 2 amide bonds. The van der Waals surface area contributed by atoms with Gasteiger partial charge in [-0.3, -0.25) is 13.9 Å². The molecule has 0 heterocycles. The highest BCUT2D eigenvalue weighted by Crippen LogP contribution is 2.27. The highest BCUT2D eigenvalue weighted by Gasteiger charge is 2.34. The first-order chi connectivity index (χ1) is 20.0. The second-order valence-corrected chi connectivity index (χ2v) is 13.5. The maximum absolute atomic E-state index is 14.2. The van der Waals surface area contributed by atoms with Gasteiger partial charge in [0.15, 0.2) is 0 Å². The maximum Gasteiger partial charge on any atom is 0.264 e. The third-order valence-corrected chi connectivity index (χ3v) is 10.1. The molecule has 224 valence electrons. The number of halogens is 1. The topological polar surface area (TPSA) is 86.8 Å². The van der Waals surface area contributed by atoms with E-state index in [9.17, 15) is 18.0 Å². The van der Waals surface area contributed by atoms with Crippen LogP contribution in [0.25, 0.3) is 0 Å². The summed E-state index contributed by atoms with van der Waals surface area (Å²) in [7, 11) is -4.11. The normalized spacial score (nSPS) is 14.4. The summed E-state index contributed by atoms with van der Waals surface area (Å²) in [5.41, 5.74) is 4.03. The molecule has 42 heavy (non-hydrogen) atoms. The van der Waals surface area contributed by atoms with E-state index in [4.69, 9.17) is 11.6 Å². The first-order valence-corrected chi connectivity index (χ1v) is 16.3. The van der Waals surface area contributed by atoms with Crippen LogP contribution in [-0.2, 0) is 26.2 Å². The number of nitrogens with one attached hydrogen (secondary N) is 1. The molecule has 0 unspecified atom stereocenters. The molecular weight excluding hydrogens is 570 g/mol. The Labute approximate surface area is 254 Å². The zero-order valence-corrected chi connectivity index (χ0v) is 26.3. The Hall–Kier alpha value is -3.36. The van der Waals surface area contributed by atoms with Gasteiger partial charge in [-0.2, -0.15) is 0 Å². The molecule has 0 aromatic heterocycles. The fourth-order valence-electron chi connectivity index (χ4n) is 5.32. The van der Waals surface area contributed by atoms with Crippen LogP contribution in [0.3, 0.4) is 0 Å². The average Bonchev–Trinajstić information content (AvgIpc) is 3.47. The van der Waals surface area contributed by atoms with Crippen molar-refractivity contribution in [3.8, 4) is 0 Å². The van der Waals surface area contributed by atoms with Crippen molar-refractivity contribution in [2.45, 2.75) is 83.3 Å². The summed E-state index contributed by atoms with van der Waals surface area (Å²) in [5.74, 6) is -0.682. The summed E-state index contributed by atoms with van der Waals surface area (Å²) in [4.78, 5) is 29.4. The van der Waals surface area contributed by atoms with Gasteiger partial charge in [0, 0.05) is 17.6 Å². The molecule has 1 saturated carbocycles. The molecule has 7 nitrogen and oxygen atoms in total. The summed E-state index contributed by atoms with van der Waals surface area (Å²) in [6.07, 6.45) is 4.35. The quantitative estimate of drug-likeness (QED) is 0.275. The number of aryl methyl sites for hydroxylation is 3. The minimum absolute atomic E-state index is 0.0907. The minimum atomic E-state index is -4.11. The summed E-state index contributed by atoms with van der Waals surface area (Å²) in [5, 5.41) is 3.70. The number of amides is 2. The second-order valence-electron chi connectivity index (χ2n) is 11.2. The first kappa shape index (κ1) is 31.6. The zero-order valence-electron chi connectivity index (χ0n) is 24.8. The number of benzene rings is 3. The van der Waals surface area contributed by atoms with Crippen LogP contribution in [0.2, 0.25) is 5.02 Å². The van der Waals surface area contributed by atoms with Crippen molar-refractivity contribution in [1.29, 1.82) is 0 Å². The Kier molecular flexibility index (Phi) is 10.3. The second kappa shape index (κ2) is 13.7. The number of carbonyl (C=O) groups is 2. The number of rotatable bonds is 11. The van der Waals surface area contributed by atoms with E-state index in [1.54, 1.807) is 48.5 Å². The summed E-state index contributed by atoms with van der Waals surface area (Å²) in [6.45, 7) is 7.29. The van der Waals surface area contributed by atoms with Crippen LogP contribution >= 0.6 is 11.6 Å². The van der Waals surface area contributed by atoms with Gasteiger partial charge in [0.2, 0.25) is 11.8 Å². The van der Waals surface area contributed by atoms with Crippen LogP contribution in [0.1, 0.15) is 61.3 Å². The van der Waals surface area contributed by atoms with Crippen molar-refractivity contribution in [2.24, 2.45) is 0 Å². The predicted octanol–water partition coefficient (Wildman–Crippen LogP) is 6.33. The van der Waals surface area contributed by atoms with E-state index < -0.39 is 28.5 Å². The van der Waals surface area contributed by atoms with Crippen molar-refractivity contribution < 1.29 is 18.0 Å². The van der Waals surface area contributed by atoms with Crippen molar-refractivity contribution in [2.75, 3.05) is 10.8 Å². The van der Waals surface area contributed by atoms with Crippen molar-refractivity contribution in [1.82, 2.24) is 10.2 Å². The maximum atomic E-state index is 14.2. The first-order valence-electron chi connectivity index (χ1n) is 14.5. The fourth-order valence-corrected chi connectivity index (χ4v) is 6.85. The van der Waals surface area contributed by atoms with Gasteiger partial charge in [0.1, 0.15) is 12.6 Å². The predicted molar refractivity (Wildman–Crippen MR) is 168 cm³/mol. The van der Waals surface area contributed by atoms with E-state index in [2.05, 4.69) is 5.32 Å². The number of hydrogen-bond acceptors (Lipinski definition) is 4. The van der Waals surface area contributed by atoms with Gasteiger partial charge in [0.05, 0.1) is 10.6 Å². The lowest BCUT2D eigenvalue weighted by atomic mass is 10.1. The monoisotopic (exact) mass is 609 g/mol. The molecule has 4 rings (SSSR count). The SMILES string of the molecule is CC[C@H](C(=O)NC1CCCC1)N(Cc1ccc(Cl)cc1)C(=O)CN(c1ccc(C)c(C)c1)S(=O)(=O)c1ccc(C)cc1. The molecular formula is C33H40ClN3O4S. The lowest BCUT2D eigenvalue weighted by molar-refractivity contribution is -0.140. The van der Waals surface area contributed by atoms with Gasteiger partial charge in [-0.1, -0.05) is 67.3 Å². The third-order valence-electron chi connectivity index (χ3n) is 8.02. The smallest absolute Gasteiger partial charge is 0.264 e. The van der Waals surface area contributed by atoms with Crippen LogP contribution in [0, 0.1) is 20.8 Å². The molecule has 0 bridgehead atoms. The van der Waals surface area contributed by atoms with Gasteiger partial charge < -0.3 is 10.2 Å². The number of carbonyl (C=O) groups excluding carboxylic acids is 2. The number of sulfonamides is 1. The molecule has 3 aromatic carbocycles. The van der Waals surface area contributed by atoms with Gasteiger partial charge in [0.25, 0.3) is 10.0 Å². The Bertz CT molecular complexity index is 1500. The molecule has 1 fully saturated rings. The Morgan fingerprint density at radius 1 is 0.929 bits per heavy atom. The molecule has 1 aliphatic rings. The Morgan fingerprint density at radius 3 is 2.17 bits per heavy atom. The van der Waals surface area contributed by atoms with Crippen LogP contribution in [0.4, 0.5) is 5.69 Å².